The van der Waals surface area contributed by atoms with Gasteiger partial charge in [0.1, 0.15) is 5.69 Å². The van der Waals surface area contributed by atoms with Gasteiger partial charge in [0.05, 0.1) is 10.9 Å². The maximum Gasteiger partial charge on any atom is 0.306 e. The van der Waals surface area contributed by atoms with Crippen molar-refractivity contribution in [2.45, 2.75) is 19.8 Å². The molecule has 1 heterocycles. The number of rotatable bonds is 6. The molecule has 0 spiro atoms. The first kappa shape index (κ1) is 13.6. The van der Waals surface area contributed by atoms with E-state index in [2.05, 4.69) is 10.3 Å². The highest BCUT2D eigenvalue weighted by atomic mass is 35.5. The molecular weight excluding hydrogens is 244 g/mol. The second-order valence-electron chi connectivity index (χ2n) is 3.87. The van der Waals surface area contributed by atoms with Gasteiger partial charge in [-0.25, -0.2) is 0 Å². The predicted molar refractivity (Wildman–Crippen MR) is 64.2 cm³/mol. The van der Waals surface area contributed by atoms with E-state index >= 15 is 0 Å². The standard InChI is InChI=1S/C11H15ClN2O3/c1-7(11(16)17)3-2-4-13-10(15)9-5-8(12)6-14-9/h5-7,14H,2-4H2,1H3,(H,13,15)(H,16,17). The average Bonchev–Trinajstić information content (AvgIpc) is 2.70. The van der Waals surface area contributed by atoms with Gasteiger partial charge in [0, 0.05) is 12.7 Å². The Morgan fingerprint density at radius 1 is 1.59 bits per heavy atom. The first-order valence-electron chi connectivity index (χ1n) is 5.35. The third kappa shape index (κ3) is 4.48. The summed E-state index contributed by atoms with van der Waals surface area (Å²) in [7, 11) is 0. The number of carboxylic acids is 1. The normalized spacial score (nSPS) is 12.1. The summed E-state index contributed by atoms with van der Waals surface area (Å²) in [6.07, 6.45) is 2.71. The number of aromatic amines is 1. The molecule has 0 aliphatic carbocycles. The second-order valence-corrected chi connectivity index (χ2v) is 4.31. The summed E-state index contributed by atoms with van der Waals surface area (Å²) < 4.78 is 0. The highest BCUT2D eigenvalue weighted by Gasteiger charge is 2.11. The molecule has 1 unspecified atom stereocenters. The van der Waals surface area contributed by atoms with Crippen LogP contribution >= 0.6 is 11.6 Å². The summed E-state index contributed by atoms with van der Waals surface area (Å²) in [5.74, 6) is -1.43. The van der Waals surface area contributed by atoms with Gasteiger partial charge in [-0.15, -0.1) is 0 Å². The number of carbonyl (C=O) groups excluding carboxylic acids is 1. The van der Waals surface area contributed by atoms with Crippen LogP contribution in [0.4, 0.5) is 0 Å². The van der Waals surface area contributed by atoms with E-state index in [0.29, 0.717) is 30.1 Å². The lowest BCUT2D eigenvalue weighted by Gasteiger charge is -2.06. The van der Waals surface area contributed by atoms with E-state index in [-0.39, 0.29) is 11.8 Å². The zero-order valence-electron chi connectivity index (χ0n) is 9.50. The van der Waals surface area contributed by atoms with Crippen molar-refractivity contribution in [1.82, 2.24) is 10.3 Å². The van der Waals surface area contributed by atoms with E-state index in [4.69, 9.17) is 16.7 Å². The number of carbonyl (C=O) groups is 2. The summed E-state index contributed by atoms with van der Waals surface area (Å²) in [5, 5.41) is 11.8. The SMILES string of the molecule is CC(CCCNC(=O)c1cc(Cl)c[nH]1)C(=O)O. The van der Waals surface area contributed by atoms with Crippen molar-refractivity contribution in [3.63, 3.8) is 0 Å². The van der Waals surface area contributed by atoms with E-state index in [1.807, 2.05) is 0 Å². The zero-order valence-corrected chi connectivity index (χ0v) is 10.3. The van der Waals surface area contributed by atoms with E-state index in [1.54, 1.807) is 6.92 Å². The Balaban J connectivity index is 2.23. The van der Waals surface area contributed by atoms with Crippen molar-refractivity contribution < 1.29 is 14.7 Å². The second kappa shape index (κ2) is 6.30. The first-order valence-corrected chi connectivity index (χ1v) is 5.73. The molecule has 0 fully saturated rings. The number of aromatic nitrogens is 1. The molecule has 6 heteroatoms. The van der Waals surface area contributed by atoms with Gasteiger partial charge in [0.15, 0.2) is 0 Å². The molecule has 5 nitrogen and oxygen atoms in total. The van der Waals surface area contributed by atoms with Gasteiger partial charge in [0.2, 0.25) is 0 Å². The molecule has 1 amide bonds. The Bertz CT molecular complexity index is 403. The minimum Gasteiger partial charge on any atom is -0.481 e. The van der Waals surface area contributed by atoms with Crippen molar-refractivity contribution >= 4 is 23.5 Å². The van der Waals surface area contributed by atoms with E-state index in [0.717, 1.165) is 0 Å². The number of amides is 1. The van der Waals surface area contributed by atoms with Crippen LogP contribution in [0.25, 0.3) is 0 Å². The molecule has 94 valence electrons. The van der Waals surface area contributed by atoms with Crippen LogP contribution in [-0.2, 0) is 4.79 Å². The molecule has 0 aromatic carbocycles. The first-order chi connectivity index (χ1) is 8.00. The van der Waals surface area contributed by atoms with Gasteiger partial charge in [-0.2, -0.15) is 0 Å². The van der Waals surface area contributed by atoms with Crippen LogP contribution in [0.15, 0.2) is 12.3 Å². The maximum absolute atomic E-state index is 11.5. The number of hydrogen-bond donors (Lipinski definition) is 3. The maximum atomic E-state index is 11.5. The third-order valence-electron chi connectivity index (χ3n) is 2.41. The Morgan fingerprint density at radius 2 is 2.29 bits per heavy atom. The average molecular weight is 259 g/mol. The number of H-pyrrole nitrogens is 1. The minimum absolute atomic E-state index is 0.236. The molecular formula is C11H15ClN2O3. The fourth-order valence-corrected chi connectivity index (χ4v) is 1.49. The number of hydrogen-bond acceptors (Lipinski definition) is 2. The molecule has 0 saturated carbocycles. The lowest BCUT2D eigenvalue weighted by molar-refractivity contribution is -0.141. The van der Waals surface area contributed by atoms with Gasteiger partial charge in [-0.1, -0.05) is 18.5 Å². The summed E-state index contributed by atoms with van der Waals surface area (Å²) in [6.45, 7) is 2.10. The monoisotopic (exact) mass is 258 g/mol. The van der Waals surface area contributed by atoms with Crippen molar-refractivity contribution in [3.05, 3.63) is 23.0 Å². The number of aliphatic carboxylic acids is 1. The highest BCUT2D eigenvalue weighted by Crippen LogP contribution is 2.09. The number of nitrogens with one attached hydrogen (secondary N) is 2. The van der Waals surface area contributed by atoms with E-state index < -0.39 is 5.97 Å². The molecule has 1 atom stereocenters. The van der Waals surface area contributed by atoms with Crippen LogP contribution in [0.1, 0.15) is 30.3 Å². The summed E-state index contributed by atoms with van der Waals surface area (Å²) >= 11 is 5.67. The fraction of sp³-hybridized carbons (Fsp3) is 0.455. The van der Waals surface area contributed by atoms with Crippen molar-refractivity contribution in [1.29, 1.82) is 0 Å². The summed E-state index contributed by atoms with van der Waals surface area (Å²) in [4.78, 5) is 24.8. The Morgan fingerprint density at radius 3 is 2.82 bits per heavy atom. The molecule has 1 rings (SSSR count). The van der Waals surface area contributed by atoms with Crippen LogP contribution in [0.5, 0.6) is 0 Å². The Hall–Kier alpha value is -1.49. The van der Waals surface area contributed by atoms with Gasteiger partial charge in [-0.05, 0) is 18.9 Å². The van der Waals surface area contributed by atoms with Gasteiger partial charge >= 0.3 is 5.97 Å². The molecule has 0 saturated heterocycles. The largest absolute Gasteiger partial charge is 0.481 e. The third-order valence-corrected chi connectivity index (χ3v) is 2.63. The molecule has 0 aliphatic heterocycles. The molecule has 0 aliphatic rings. The minimum atomic E-state index is -0.813. The smallest absolute Gasteiger partial charge is 0.306 e. The molecule has 3 N–H and O–H groups in total. The van der Waals surface area contributed by atoms with Crippen LogP contribution in [0.2, 0.25) is 5.02 Å². The summed E-state index contributed by atoms with van der Waals surface area (Å²) in [5.41, 5.74) is 0.404. The van der Waals surface area contributed by atoms with Gasteiger partial charge < -0.3 is 15.4 Å². The van der Waals surface area contributed by atoms with E-state index in [1.165, 1.54) is 12.3 Å². The van der Waals surface area contributed by atoms with Crippen LogP contribution in [0, 0.1) is 5.92 Å². The highest BCUT2D eigenvalue weighted by molar-refractivity contribution is 6.30. The van der Waals surface area contributed by atoms with Crippen LogP contribution in [-0.4, -0.2) is 28.5 Å². The molecule has 17 heavy (non-hydrogen) atoms. The Kier molecular flexibility index (Phi) is 5.03. The predicted octanol–water partition coefficient (Wildman–Crippen LogP) is 1.90. The molecule has 0 radical (unpaired) electrons. The van der Waals surface area contributed by atoms with Crippen molar-refractivity contribution in [3.8, 4) is 0 Å². The molecule has 1 aromatic rings. The van der Waals surface area contributed by atoms with Crippen LogP contribution in [0.3, 0.4) is 0 Å². The lowest BCUT2D eigenvalue weighted by atomic mass is 10.1. The quantitative estimate of drug-likeness (QED) is 0.682. The lowest BCUT2D eigenvalue weighted by Crippen LogP contribution is -2.25. The van der Waals surface area contributed by atoms with Crippen molar-refractivity contribution in [2.75, 3.05) is 6.54 Å². The van der Waals surface area contributed by atoms with Crippen molar-refractivity contribution in [2.24, 2.45) is 5.92 Å². The fourth-order valence-electron chi connectivity index (χ4n) is 1.33. The van der Waals surface area contributed by atoms with Crippen LogP contribution < -0.4 is 5.32 Å². The van der Waals surface area contributed by atoms with Gasteiger partial charge in [-0.3, -0.25) is 9.59 Å². The number of carboxylic acid groups (broad SMARTS) is 1. The Labute approximate surface area is 104 Å². The zero-order chi connectivity index (χ0) is 12.8. The topological polar surface area (TPSA) is 82.2 Å². The summed E-state index contributed by atoms with van der Waals surface area (Å²) in [6, 6.07) is 1.54. The molecule has 1 aromatic heterocycles. The van der Waals surface area contributed by atoms with E-state index in [9.17, 15) is 9.59 Å². The molecule has 0 bridgehead atoms. The number of halogens is 1. The van der Waals surface area contributed by atoms with Gasteiger partial charge in [0.25, 0.3) is 5.91 Å².